The summed E-state index contributed by atoms with van der Waals surface area (Å²) in [5.41, 5.74) is 1.41. The van der Waals surface area contributed by atoms with Gasteiger partial charge in [0.1, 0.15) is 4.88 Å². The van der Waals surface area contributed by atoms with Crippen LogP contribution in [0.1, 0.15) is 33.1 Å². The molecule has 5 heteroatoms. The predicted molar refractivity (Wildman–Crippen MR) is 98.6 cm³/mol. The largest absolute Gasteiger partial charge is 0.337 e. The van der Waals surface area contributed by atoms with E-state index in [4.69, 9.17) is 0 Å². The third-order valence-corrected chi connectivity index (χ3v) is 5.39. The summed E-state index contributed by atoms with van der Waals surface area (Å²) in [6.45, 7) is 6.78. The highest BCUT2D eigenvalue weighted by atomic mass is 32.1. The Hall–Kier alpha value is -1.72. The Bertz CT molecular complexity index is 656. The number of hydrogen-bond acceptors (Lipinski definition) is 4. The summed E-state index contributed by atoms with van der Waals surface area (Å²) in [5, 5.41) is 0.954. The minimum atomic E-state index is 0.145. The number of rotatable bonds is 5. The molecule has 2 heterocycles. The summed E-state index contributed by atoms with van der Waals surface area (Å²) in [4.78, 5) is 22.0. The van der Waals surface area contributed by atoms with Gasteiger partial charge in [-0.25, -0.2) is 4.98 Å². The Labute approximate surface area is 148 Å². The van der Waals surface area contributed by atoms with Crippen LogP contribution in [-0.4, -0.2) is 53.4 Å². The Morgan fingerprint density at radius 3 is 2.75 bits per heavy atom. The fourth-order valence-electron chi connectivity index (χ4n) is 3.17. The minimum absolute atomic E-state index is 0.145. The van der Waals surface area contributed by atoms with Crippen LogP contribution >= 0.6 is 11.3 Å². The van der Waals surface area contributed by atoms with Gasteiger partial charge in [-0.05, 0) is 44.8 Å². The summed E-state index contributed by atoms with van der Waals surface area (Å²) in [6.07, 6.45) is 5.06. The molecule has 0 bridgehead atoms. The first-order chi connectivity index (χ1) is 11.7. The molecule has 0 N–H and O–H groups in total. The van der Waals surface area contributed by atoms with Crippen LogP contribution in [0.5, 0.6) is 0 Å². The molecule has 0 spiro atoms. The minimum Gasteiger partial charge on any atom is -0.337 e. The number of aromatic nitrogens is 1. The van der Waals surface area contributed by atoms with Crippen LogP contribution in [-0.2, 0) is 6.42 Å². The summed E-state index contributed by atoms with van der Waals surface area (Å²) in [5.74, 6) is 0.145. The van der Waals surface area contributed by atoms with Gasteiger partial charge < -0.3 is 9.80 Å². The Morgan fingerprint density at radius 1 is 1.17 bits per heavy atom. The van der Waals surface area contributed by atoms with Gasteiger partial charge in [-0.2, -0.15) is 0 Å². The Morgan fingerprint density at radius 2 is 2.00 bits per heavy atom. The van der Waals surface area contributed by atoms with Crippen molar-refractivity contribution in [2.24, 2.45) is 0 Å². The van der Waals surface area contributed by atoms with E-state index < -0.39 is 0 Å². The van der Waals surface area contributed by atoms with Crippen molar-refractivity contribution in [2.75, 3.05) is 32.7 Å². The maximum Gasteiger partial charge on any atom is 0.265 e. The normalized spacial score (nSPS) is 16.1. The topological polar surface area (TPSA) is 36.4 Å². The van der Waals surface area contributed by atoms with Gasteiger partial charge in [0.25, 0.3) is 5.91 Å². The maximum absolute atomic E-state index is 12.5. The van der Waals surface area contributed by atoms with E-state index in [1.165, 1.54) is 23.3 Å². The monoisotopic (exact) mass is 343 g/mol. The number of aryl methyl sites for hydroxylation is 2. The molecule has 2 aromatic rings. The highest BCUT2D eigenvalue weighted by Crippen LogP contribution is 2.16. The van der Waals surface area contributed by atoms with Crippen molar-refractivity contribution in [1.29, 1.82) is 0 Å². The van der Waals surface area contributed by atoms with Crippen LogP contribution in [0.2, 0.25) is 0 Å². The van der Waals surface area contributed by atoms with Crippen molar-refractivity contribution < 1.29 is 4.79 Å². The highest BCUT2D eigenvalue weighted by molar-refractivity contribution is 7.13. The summed E-state index contributed by atoms with van der Waals surface area (Å²) < 4.78 is 0. The standard InChI is InChI=1S/C19H25N3OS/c1-16-20-15-18(24-16)19(23)22-12-6-11-21(13-14-22)10-5-9-17-7-3-2-4-8-17/h2-4,7-8,15H,5-6,9-14H2,1H3. The van der Waals surface area contributed by atoms with Gasteiger partial charge in [-0.1, -0.05) is 30.3 Å². The van der Waals surface area contributed by atoms with Crippen molar-refractivity contribution in [1.82, 2.24) is 14.8 Å². The molecule has 0 radical (unpaired) electrons. The molecular weight excluding hydrogens is 318 g/mol. The van der Waals surface area contributed by atoms with Crippen LogP contribution in [0.25, 0.3) is 0 Å². The third kappa shape index (κ3) is 4.65. The van der Waals surface area contributed by atoms with Crippen molar-refractivity contribution >= 4 is 17.2 Å². The van der Waals surface area contributed by atoms with Gasteiger partial charge in [0, 0.05) is 19.6 Å². The summed E-state index contributed by atoms with van der Waals surface area (Å²) in [6, 6.07) is 10.7. The first kappa shape index (κ1) is 17.1. The summed E-state index contributed by atoms with van der Waals surface area (Å²) >= 11 is 1.49. The summed E-state index contributed by atoms with van der Waals surface area (Å²) in [7, 11) is 0. The highest BCUT2D eigenvalue weighted by Gasteiger charge is 2.21. The number of benzene rings is 1. The van der Waals surface area contributed by atoms with E-state index in [0.29, 0.717) is 0 Å². The second-order valence-electron chi connectivity index (χ2n) is 6.32. The Kier molecular flexibility index (Phi) is 5.99. The molecular formula is C19H25N3OS. The fourth-order valence-corrected chi connectivity index (χ4v) is 3.91. The van der Waals surface area contributed by atoms with E-state index >= 15 is 0 Å². The van der Waals surface area contributed by atoms with Gasteiger partial charge in [-0.3, -0.25) is 4.79 Å². The molecule has 0 atom stereocenters. The first-order valence-electron chi connectivity index (χ1n) is 8.70. The quantitative estimate of drug-likeness (QED) is 0.836. The lowest BCUT2D eigenvalue weighted by atomic mass is 10.1. The zero-order chi connectivity index (χ0) is 16.8. The zero-order valence-corrected chi connectivity index (χ0v) is 15.1. The predicted octanol–water partition coefficient (Wildman–Crippen LogP) is 3.23. The van der Waals surface area contributed by atoms with E-state index in [9.17, 15) is 4.79 Å². The molecule has 1 aliphatic rings. The number of carbonyl (C=O) groups is 1. The Balaban J connectivity index is 1.45. The van der Waals surface area contributed by atoms with E-state index in [1.807, 2.05) is 11.8 Å². The van der Waals surface area contributed by atoms with Crippen molar-refractivity contribution in [3.8, 4) is 0 Å². The molecule has 1 aliphatic heterocycles. The average molecular weight is 343 g/mol. The fraction of sp³-hybridized carbons (Fsp3) is 0.474. The number of nitrogens with zero attached hydrogens (tertiary/aromatic N) is 3. The van der Waals surface area contributed by atoms with Crippen LogP contribution in [0.3, 0.4) is 0 Å². The van der Waals surface area contributed by atoms with Gasteiger partial charge in [-0.15, -0.1) is 11.3 Å². The second-order valence-corrected chi connectivity index (χ2v) is 7.55. The van der Waals surface area contributed by atoms with Gasteiger partial charge in [0.05, 0.1) is 11.2 Å². The maximum atomic E-state index is 12.5. The van der Waals surface area contributed by atoms with Crippen LogP contribution in [0.15, 0.2) is 36.5 Å². The molecule has 0 unspecified atom stereocenters. The first-order valence-corrected chi connectivity index (χ1v) is 9.52. The van der Waals surface area contributed by atoms with E-state index in [2.05, 4.69) is 40.2 Å². The lowest BCUT2D eigenvalue weighted by Crippen LogP contribution is -2.35. The molecule has 0 aliphatic carbocycles. The molecule has 24 heavy (non-hydrogen) atoms. The van der Waals surface area contributed by atoms with E-state index in [0.717, 1.165) is 55.5 Å². The van der Waals surface area contributed by atoms with Gasteiger partial charge >= 0.3 is 0 Å². The van der Waals surface area contributed by atoms with Crippen LogP contribution < -0.4 is 0 Å². The molecule has 128 valence electrons. The molecule has 0 saturated carbocycles. The number of amides is 1. The van der Waals surface area contributed by atoms with Crippen molar-refractivity contribution in [3.63, 3.8) is 0 Å². The van der Waals surface area contributed by atoms with Crippen molar-refractivity contribution in [2.45, 2.75) is 26.2 Å². The molecule has 1 amide bonds. The SMILES string of the molecule is Cc1ncc(C(=O)N2CCCN(CCCc3ccccc3)CC2)s1. The zero-order valence-electron chi connectivity index (χ0n) is 14.3. The lowest BCUT2D eigenvalue weighted by molar-refractivity contribution is 0.0766. The van der Waals surface area contributed by atoms with Crippen LogP contribution in [0, 0.1) is 6.92 Å². The smallest absolute Gasteiger partial charge is 0.265 e. The molecule has 4 nitrogen and oxygen atoms in total. The van der Waals surface area contributed by atoms with Crippen LogP contribution in [0.4, 0.5) is 0 Å². The number of hydrogen-bond donors (Lipinski definition) is 0. The van der Waals surface area contributed by atoms with E-state index in [1.54, 1.807) is 6.20 Å². The number of carbonyl (C=O) groups excluding carboxylic acids is 1. The molecule has 1 aromatic heterocycles. The molecule has 1 saturated heterocycles. The van der Waals surface area contributed by atoms with Crippen molar-refractivity contribution in [3.05, 3.63) is 52.0 Å². The average Bonchev–Trinajstić information content (AvgIpc) is 2.90. The lowest BCUT2D eigenvalue weighted by Gasteiger charge is -2.21. The number of thiazole rings is 1. The third-order valence-electron chi connectivity index (χ3n) is 4.49. The van der Waals surface area contributed by atoms with Gasteiger partial charge in [0.15, 0.2) is 0 Å². The molecule has 1 aromatic carbocycles. The molecule has 3 rings (SSSR count). The van der Waals surface area contributed by atoms with E-state index in [-0.39, 0.29) is 5.91 Å². The molecule has 1 fully saturated rings. The second kappa shape index (κ2) is 8.40. The van der Waals surface area contributed by atoms with Gasteiger partial charge in [0.2, 0.25) is 0 Å².